The molecule has 0 aromatic carbocycles. The topological polar surface area (TPSA) is 181 Å². The Hall–Kier alpha value is -3.33. The summed E-state index contributed by atoms with van der Waals surface area (Å²) in [5, 5.41) is 39.3. The van der Waals surface area contributed by atoms with Crippen LogP contribution in [-0.4, -0.2) is 106 Å². The van der Waals surface area contributed by atoms with E-state index in [0.717, 1.165) is 63.7 Å². The number of fused-ring (bicyclic) bond motifs is 6. The number of ether oxygens (including phenoxy) is 4. The summed E-state index contributed by atoms with van der Waals surface area (Å²) >= 11 is 0. The summed E-state index contributed by atoms with van der Waals surface area (Å²) in [6.07, 6.45) is 16.6. The predicted molar refractivity (Wildman–Crippen MR) is 246 cm³/mol. The van der Waals surface area contributed by atoms with Gasteiger partial charge in [-0.25, -0.2) is 4.79 Å². The number of furan rings is 1. The number of nitrogens with zero attached hydrogens (tertiary/aromatic N) is 1. The van der Waals surface area contributed by atoms with Gasteiger partial charge in [-0.2, -0.15) is 0 Å². The highest BCUT2D eigenvalue weighted by molar-refractivity contribution is 5.95. The molecule has 15 rings (SSSR count). The van der Waals surface area contributed by atoms with Gasteiger partial charge in [-0.3, -0.25) is 14.9 Å². The molecule has 5 saturated heterocycles. The number of carbonyl (C=O) groups is 3. The molecule has 23 atom stereocenters. The van der Waals surface area contributed by atoms with Gasteiger partial charge in [0.05, 0.1) is 42.6 Å². The molecule has 14 aliphatic rings. The molecule has 11 fully saturated rings. The number of rotatable bonds is 8. The number of esters is 2. The Balaban J connectivity index is 0.881. The summed E-state index contributed by atoms with van der Waals surface area (Å²) in [6, 6.07) is 2.37. The third-order valence-corrected chi connectivity index (χ3v) is 23.9. The molecule has 370 valence electrons. The maximum absolute atomic E-state index is 16.2. The van der Waals surface area contributed by atoms with Gasteiger partial charge in [-0.05, 0) is 141 Å². The molecule has 5 spiro atoms. The molecule has 6 bridgehead atoms. The molecule has 0 radical (unpaired) electrons. The van der Waals surface area contributed by atoms with Gasteiger partial charge in [0.25, 0.3) is 0 Å². The number of Topliss-reactive ketones (excluding diaryl/α,β-unsaturated/α-hetero) is 1. The highest BCUT2D eigenvalue weighted by Gasteiger charge is 2.99. The molecule has 0 unspecified atom stereocenters. The van der Waals surface area contributed by atoms with Crippen molar-refractivity contribution < 1.29 is 53.1 Å². The molecule has 6 saturated carbocycles. The normalized spacial score (nSPS) is 55.5. The van der Waals surface area contributed by atoms with Crippen LogP contribution in [0.1, 0.15) is 110 Å². The van der Waals surface area contributed by atoms with E-state index >= 15 is 9.59 Å². The predicted octanol–water partition coefficient (Wildman–Crippen LogP) is 5.58. The average Bonchev–Trinajstić information content (AvgIpc) is 3.56. The van der Waals surface area contributed by atoms with Crippen molar-refractivity contribution in [3.8, 4) is 0 Å². The van der Waals surface area contributed by atoms with Crippen LogP contribution in [0.2, 0.25) is 0 Å². The highest BCUT2D eigenvalue weighted by atomic mass is 16.7. The fraction of sp³-hybridized carbons (Fsp3) is 0.768. The van der Waals surface area contributed by atoms with Gasteiger partial charge in [0.1, 0.15) is 41.2 Å². The smallest absolute Gasteiger partial charge is 0.339 e. The molecular formula is C56H70N2O11. The zero-order valence-corrected chi connectivity index (χ0v) is 40.7. The number of nitrogens with one attached hydrogen (secondary N) is 1. The molecule has 13 nitrogen and oxygen atoms in total. The fourth-order valence-corrected chi connectivity index (χ4v) is 22.1. The second-order valence-corrected chi connectivity index (χ2v) is 26.4. The van der Waals surface area contributed by atoms with Crippen molar-refractivity contribution >= 4 is 17.7 Å². The van der Waals surface area contributed by atoms with Crippen molar-refractivity contribution in [2.45, 2.75) is 146 Å². The Bertz CT molecular complexity index is 2590. The summed E-state index contributed by atoms with van der Waals surface area (Å²) in [4.78, 5) is 48.9. The second-order valence-electron chi connectivity index (χ2n) is 26.4. The number of hydrogen-bond donors (Lipinski definition) is 4. The first-order valence-electron chi connectivity index (χ1n) is 26.9. The lowest BCUT2D eigenvalue weighted by Gasteiger charge is -2.71. The van der Waals surface area contributed by atoms with Crippen molar-refractivity contribution in [2.75, 3.05) is 26.4 Å². The van der Waals surface area contributed by atoms with Crippen LogP contribution in [0.5, 0.6) is 0 Å². The first kappa shape index (κ1) is 43.3. The first-order chi connectivity index (χ1) is 33.0. The minimum Gasteiger partial charge on any atom is -0.469 e. The average molecular weight is 947 g/mol. The van der Waals surface area contributed by atoms with E-state index in [9.17, 15) is 20.1 Å². The lowest BCUT2D eigenvalue weighted by atomic mass is 9.31. The Labute approximate surface area is 404 Å². The third-order valence-electron chi connectivity index (χ3n) is 23.9. The van der Waals surface area contributed by atoms with E-state index in [2.05, 4.69) is 68.4 Å². The van der Waals surface area contributed by atoms with E-state index in [-0.39, 0.29) is 54.6 Å². The Kier molecular flexibility index (Phi) is 8.31. The maximum atomic E-state index is 16.2. The van der Waals surface area contributed by atoms with Gasteiger partial charge in [-0.1, -0.05) is 52.0 Å². The van der Waals surface area contributed by atoms with Crippen molar-refractivity contribution in [3.05, 3.63) is 59.7 Å². The van der Waals surface area contributed by atoms with Crippen LogP contribution in [-0.2, 0) is 39.8 Å². The van der Waals surface area contributed by atoms with E-state index < -0.39 is 86.1 Å². The standard InChI is InChI=1S/C56H70N2O11/c1-27(2)14-32-17-34-18-33-15-28-8-11-54-48(64)66-25-53-42-31(22-52(33,54)20-28)21-49(3)45(67-47(63)46-56(49,68-46)50(42,4)44(62)41(61)43(53)51(32,5)69-55(34,53)54)36-10-13-65-40(36)19-37(39(60)24-59)29-6-7-35-30(16-29)9-12-58-26-57-23-38(35)58/h8-13,17,27-33,35,37-39,42-46,57,59-60,62H,6-7,14-16,18-26H2,1-5H3/t28-,29+,30-,31+,32+,33+,35+,37+,38+,39-,42+,43-,44-,45+,46-,49+,50+,51+,52+,53-,54-,55-,56-/m1/s1. The van der Waals surface area contributed by atoms with Gasteiger partial charge >= 0.3 is 11.9 Å². The zero-order chi connectivity index (χ0) is 47.4. The summed E-state index contributed by atoms with van der Waals surface area (Å²) in [5.41, 5.74) is -6.70. The van der Waals surface area contributed by atoms with E-state index in [0.29, 0.717) is 60.3 Å². The van der Waals surface area contributed by atoms with Gasteiger partial charge in [0.15, 0.2) is 11.9 Å². The first-order valence-corrected chi connectivity index (χ1v) is 26.9. The molecule has 0 amide bonds. The van der Waals surface area contributed by atoms with Crippen molar-refractivity contribution in [1.29, 1.82) is 0 Å². The Morgan fingerprint density at radius 2 is 1.87 bits per heavy atom. The van der Waals surface area contributed by atoms with E-state index in [1.54, 1.807) is 6.26 Å². The summed E-state index contributed by atoms with van der Waals surface area (Å²) in [6.45, 7) is 12.2. The number of aliphatic hydroxyl groups is 3. The van der Waals surface area contributed by atoms with E-state index in [1.807, 2.05) is 13.0 Å². The molecular weight excluding hydrogens is 877 g/mol. The number of cyclic esters (lactones) is 2. The Morgan fingerprint density at radius 1 is 1.03 bits per heavy atom. The largest absolute Gasteiger partial charge is 0.469 e. The quantitative estimate of drug-likeness (QED) is 0.144. The van der Waals surface area contributed by atoms with Crippen LogP contribution in [0.25, 0.3) is 0 Å². The van der Waals surface area contributed by atoms with Gasteiger partial charge in [0.2, 0.25) is 0 Å². The van der Waals surface area contributed by atoms with Crippen LogP contribution >= 0.6 is 0 Å². The summed E-state index contributed by atoms with van der Waals surface area (Å²) < 4.78 is 35.0. The van der Waals surface area contributed by atoms with Crippen molar-refractivity contribution in [2.24, 2.45) is 92.2 Å². The van der Waals surface area contributed by atoms with Gasteiger partial charge < -0.3 is 43.6 Å². The maximum Gasteiger partial charge on any atom is 0.339 e. The number of aliphatic hydroxyl groups excluding tert-OH is 3. The summed E-state index contributed by atoms with van der Waals surface area (Å²) in [5.74, 6) is -0.378. The fourth-order valence-electron chi connectivity index (χ4n) is 22.1. The van der Waals surface area contributed by atoms with E-state index in [1.165, 1.54) is 0 Å². The van der Waals surface area contributed by atoms with Crippen LogP contribution in [0.15, 0.2) is 52.8 Å². The molecule has 7 aliphatic carbocycles. The minimum absolute atomic E-state index is 0.00690. The number of allylic oxidation sites excluding steroid dienone is 2. The number of ketones is 1. The van der Waals surface area contributed by atoms with Gasteiger partial charge in [0, 0.05) is 41.3 Å². The highest BCUT2D eigenvalue weighted by Crippen LogP contribution is 2.91. The molecule has 1 aromatic rings. The molecule has 1 aromatic heterocycles. The Morgan fingerprint density at radius 3 is 2.68 bits per heavy atom. The molecule has 7 aliphatic heterocycles. The van der Waals surface area contributed by atoms with Crippen LogP contribution in [0, 0.1) is 92.2 Å². The minimum atomic E-state index is -1.50. The molecule has 69 heavy (non-hydrogen) atoms. The van der Waals surface area contributed by atoms with Gasteiger partial charge in [-0.15, -0.1) is 0 Å². The van der Waals surface area contributed by atoms with Crippen molar-refractivity contribution in [1.82, 2.24) is 10.2 Å². The lowest BCUT2D eigenvalue weighted by Crippen LogP contribution is -2.81. The molecule has 4 N–H and O–H groups in total. The SMILES string of the molecule is CC(C)C[C@H]1C=C2C[C@@H]3C[C@H]4C=C[C@@]56C(=O)OC[C@]78[C@H](C(=O)[C@@H](O)[C@]9(C)[C@@H]7[C@H](C[C@@]35C4)C[C@@]3(C)[C@H](c4ccoc4C[C@@H]([C@H]4CC[C@H]5[C@H](C=CN7CNC[C@@H]57)C4)[C@H](O)CO)OC(=O)[C@H]4O[C@@]493)[C@@]1(C)O[C@]286. The summed E-state index contributed by atoms with van der Waals surface area (Å²) in [7, 11) is 0. The third kappa shape index (κ3) is 4.42. The molecule has 8 heterocycles. The van der Waals surface area contributed by atoms with Crippen LogP contribution in [0.3, 0.4) is 0 Å². The number of carbonyl (C=O) groups excluding carboxylic acids is 3. The second kappa shape index (κ2) is 13.2. The number of hydrogen-bond acceptors (Lipinski definition) is 13. The zero-order valence-electron chi connectivity index (χ0n) is 40.7. The van der Waals surface area contributed by atoms with Crippen LogP contribution in [0.4, 0.5) is 0 Å². The number of epoxide rings is 1. The molecule has 13 heteroatoms. The van der Waals surface area contributed by atoms with E-state index in [4.69, 9.17) is 23.4 Å². The van der Waals surface area contributed by atoms with Crippen LogP contribution < -0.4 is 5.32 Å². The van der Waals surface area contributed by atoms with Crippen molar-refractivity contribution in [3.63, 3.8) is 0 Å². The monoisotopic (exact) mass is 946 g/mol. The lowest BCUT2D eigenvalue weighted by molar-refractivity contribution is -0.292.